The Labute approximate surface area is 88.2 Å². The molecule has 1 saturated heterocycles. The number of carbonyl (C=O) groups is 1. The molecule has 15 heavy (non-hydrogen) atoms. The summed E-state index contributed by atoms with van der Waals surface area (Å²) in [6, 6.07) is 7.68. The number of nitrogens with one attached hydrogen (secondary N) is 1. The molecule has 4 heteroatoms. The van der Waals surface area contributed by atoms with Crippen LogP contribution in [0.2, 0.25) is 0 Å². The van der Waals surface area contributed by atoms with Gasteiger partial charge in [-0.15, -0.1) is 10.1 Å². The third-order valence-electron chi connectivity index (χ3n) is 2.27. The molecule has 4 nitrogen and oxygen atoms in total. The van der Waals surface area contributed by atoms with E-state index in [-0.39, 0.29) is 5.91 Å². The number of hydrogen-bond donors (Lipinski definition) is 1. The molecule has 2 rings (SSSR count). The molecule has 1 aromatic carbocycles. The number of hydrazine groups is 1. The maximum Gasteiger partial charge on any atom is 0.280 e. The monoisotopic (exact) mass is 205 g/mol. The molecule has 0 spiro atoms. The van der Waals surface area contributed by atoms with Gasteiger partial charge in [0, 0.05) is 5.56 Å². The molecule has 0 aromatic heterocycles. The lowest BCUT2D eigenvalue weighted by molar-refractivity contribution is -0.553. The Balaban J connectivity index is 2.13. The van der Waals surface area contributed by atoms with Gasteiger partial charge in [0.15, 0.2) is 6.54 Å². The van der Waals surface area contributed by atoms with E-state index in [4.69, 9.17) is 4.74 Å². The van der Waals surface area contributed by atoms with E-state index in [1.807, 2.05) is 30.5 Å². The Hall–Kier alpha value is -1.84. The average Bonchev–Trinajstić information content (AvgIpc) is 2.65. The van der Waals surface area contributed by atoms with Gasteiger partial charge in [-0.1, -0.05) is 0 Å². The van der Waals surface area contributed by atoms with Crippen molar-refractivity contribution in [3.05, 3.63) is 29.8 Å². The van der Waals surface area contributed by atoms with E-state index in [1.54, 1.807) is 11.8 Å². The minimum absolute atomic E-state index is 0.0692. The Morgan fingerprint density at radius 3 is 2.67 bits per heavy atom. The van der Waals surface area contributed by atoms with E-state index < -0.39 is 0 Å². The summed E-state index contributed by atoms with van der Waals surface area (Å²) < 4.78 is 6.85. The zero-order valence-corrected chi connectivity index (χ0v) is 8.56. The molecule has 0 saturated carbocycles. The van der Waals surface area contributed by atoms with E-state index in [0.717, 1.165) is 17.9 Å². The molecule has 0 unspecified atom stereocenters. The van der Waals surface area contributed by atoms with Crippen molar-refractivity contribution in [2.24, 2.45) is 0 Å². The highest BCUT2D eigenvalue weighted by atomic mass is 16.5. The lowest BCUT2D eigenvalue weighted by Gasteiger charge is -1.98. The van der Waals surface area contributed by atoms with Gasteiger partial charge in [-0.05, 0) is 24.3 Å². The number of amides is 1. The molecule has 1 N–H and O–H groups in total. The molecule has 1 amide bonds. The van der Waals surface area contributed by atoms with Crippen molar-refractivity contribution in [2.75, 3.05) is 13.7 Å². The Morgan fingerprint density at radius 2 is 2.13 bits per heavy atom. The van der Waals surface area contributed by atoms with E-state index >= 15 is 0 Å². The topological polar surface area (TPSA) is 41.3 Å². The van der Waals surface area contributed by atoms with Crippen LogP contribution in [0.15, 0.2) is 24.3 Å². The Bertz CT molecular complexity index is 396. The predicted molar refractivity (Wildman–Crippen MR) is 56.0 cm³/mol. The fraction of sp³-hybridized carbons (Fsp3) is 0.273. The SMILES string of the molecule is COc1ccc(/C=[N+]2\CCC(=O)N2)cc1. The molecule has 1 aliphatic rings. The summed E-state index contributed by atoms with van der Waals surface area (Å²) in [5, 5.41) is 0. The summed E-state index contributed by atoms with van der Waals surface area (Å²) in [7, 11) is 1.64. The van der Waals surface area contributed by atoms with Crippen LogP contribution < -0.4 is 10.2 Å². The number of benzene rings is 1. The molecule has 1 aromatic rings. The first kappa shape index (κ1) is 9.71. The molecule has 0 radical (unpaired) electrons. The number of carbonyl (C=O) groups excluding carboxylic acids is 1. The Morgan fingerprint density at radius 1 is 1.40 bits per heavy atom. The number of methoxy groups -OCH3 is 1. The summed E-state index contributed by atoms with van der Waals surface area (Å²) >= 11 is 0. The minimum atomic E-state index is 0.0692. The van der Waals surface area contributed by atoms with Gasteiger partial charge in [0.1, 0.15) is 5.75 Å². The van der Waals surface area contributed by atoms with Crippen LogP contribution in [0.3, 0.4) is 0 Å². The van der Waals surface area contributed by atoms with Crippen LogP contribution in [-0.2, 0) is 4.79 Å². The smallest absolute Gasteiger partial charge is 0.280 e. The lowest BCUT2D eigenvalue weighted by atomic mass is 10.2. The molecule has 0 aliphatic carbocycles. The number of nitrogens with zero attached hydrogens (tertiary/aromatic N) is 1. The minimum Gasteiger partial charge on any atom is -0.497 e. The van der Waals surface area contributed by atoms with E-state index in [0.29, 0.717) is 6.42 Å². The van der Waals surface area contributed by atoms with Gasteiger partial charge in [-0.2, -0.15) is 0 Å². The van der Waals surface area contributed by atoms with Gasteiger partial charge in [0.2, 0.25) is 6.21 Å². The highest BCUT2D eigenvalue weighted by Gasteiger charge is 2.20. The largest absolute Gasteiger partial charge is 0.497 e. The predicted octanol–water partition coefficient (Wildman–Crippen LogP) is 0.561. The highest BCUT2D eigenvalue weighted by Crippen LogP contribution is 2.09. The van der Waals surface area contributed by atoms with Crippen molar-refractivity contribution in [1.82, 2.24) is 5.43 Å². The first-order chi connectivity index (χ1) is 7.28. The van der Waals surface area contributed by atoms with Crippen molar-refractivity contribution in [3.8, 4) is 5.75 Å². The second-order valence-corrected chi connectivity index (χ2v) is 3.38. The summed E-state index contributed by atoms with van der Waals surface area (Å²) in [5.74, 6) is 0.900. The average molecular weight is 205 g/mol. The maximum atomic E-state index is 11.0. The van der Waals surface area contributed by atoms with Crippen LogP contribution in [0, 0.1) is 0 Å². The number of hydrazone groups is 1. The fourth-order valence-electron chi connectivity index (χ4n) is 1.46. The molecular weight excluding hydrogens is 192 g/mol. The maximum absolute atomic E-state index is 11.0. The number of rotatable bonds is 2. The molecule has 1 aliphatic heterocycles. The van der Waals surface area contributed by atoms with E-state index in [9.17, 15) is 4.79 Å². The second kappa shape index (κ2) is 4.13. The van der Waals surface area contributed by atoms with Gasteiger partial charge in [0.25, 0.3) is 5.91 Å². The van der Waals surface area contributed by atoms with Crippen LogP contribution in [0.1, 0.15) is 12.0 Å². The highest BCUT2D eigenvalue weighted by molar-refractivity contribution is 5.79. The molecule has 0 bridgehead atoms. The molecule has 1 heterocycles. The lowest BCUT2D eigenvalue weighted by Crippen LogP contribution is -2.25. The van der Waals surface area contributed by atoms with Gasteiger partial charge >= 0.3 is 0 Å². The molecule has 0 atom stereocenters. The third-order valence-corrected chi connectivity index (χ3v) is 2.27. The van der Waals surface area contributed by atoms with Crippen molar-refractivity contribution in [3.63, 3.8) is 0 Å². The van der Waals surface area contributed by atoms with Crippen LogP contribution >= 0.6 is 0 Å². The quantitative estimate of drug-likeness (QED) is 0.717. The molecular formula is C11H13N2O2+. The second-order valence-electron chi connectivity index (χ2n) is 3.38. The first-order valence-electron chi connectivity index (χ1n) is 4.83. The summed E-state index contributed by atoms with van der Waals surface area (Å²) in [4.78, 5) is 11.0. The third kappa shape index (κ3) is 2.34. The zero-order chi connectivity index (χ0) is 10.7. The standard InChI is InChI=1S/C11H12N2O2/c1-15-10-4-2-9(3-5-10)8-13-7-6-11(14)12-13/h2-5,8H,6-7H2,1H3/p+1/b13-8+. The first-order valence-corrected chi connectivity index (χ1v) is 4.83. The zero-order valence-electron chi connectivity index (χ0n) is 8.56. The van der Waals surface area contributed by atoms with Crippen LogP contribution in [0.4, 0.5) is 0 Å². The number of hydrogen-bond acceptors (Lipinski definition) is 2. The fourth-order valence-corrected chi connectivity index (χ4v) is 1.46. The van der Waals surface area contributed by atoms with Gasteiger partial charge in [0.05, 0.1) is 13.5 Å². The van der Waals surface area contributed by atoms with Crippen molar-refractivity contribution >= 4 is 12.1 Å². The molecule has 78 valence electrons. The van der Waals surface area contributed by atoms with Crippen LogP contribution in [0.25, 0.3) is 0 Å². The summed E-state index contributed by atoms with van der Waals surface area (Å²) in [6.45, 7) is 0.727. The number of ether oxygens (including phenoxy) is 1. The molecule has 1 fully saturated rings. The van der Waals surface area contributed by atoms with Gasteiger partial charge in [-0.3, -0.25) is 4.79 Å². The van der Waals surface area contributed by atoms with E-state index in [2.05, 4.69) is 5.43 Å². The Kier molecular flexibility index (Phi) is 2.67. The van der Waals surface area contributed by atoms with Crippen molar-refractivity contribution in [2.45, 2.75) is 6.42 Å². The van der Waals surface area contributed by atoms with Crippen molar-refractivity contribution in [1.29, 1.82) is 0 Å². The van der Waals surface area contributed by atoms with Gasteiger partial charge < -0.3 is 4.74 Å². The van der Waals surface area contributed by atoms with E-state index in [1.165, 1.54) is 0 Å². The van der Waals surface area contributed by atoms with Crippen LogP contribution in [-0.4, -0.2) is 30.5 Å². The summed E-state index contributed by atoms with van der Waals surface area (Å²) in [5.41, 5.74) is 3.78. The van der Waals surface area contributed by atoms with Gasteiger partial charge in [-0.25, -0.2) is 0 Å². The van der Waals surface area contributed by atoms with Crippen molar-refractivity contribution < 1.29 is 14.2 Å². The van der Waals surface area contributed by atoms with Crippen LogP contribution in [0.5, 0.6) is 5.75 Å². The normalized spacial score (nSPS) is 17.9. The summed E-state index contributed by atoms with van der Waals surface area (Å²) in [6.07, 6.45) is 2.47.